The maximum Gasteiger partial charge on any atom is 0.259 e. The summed E-state index contributed by atoms with van der Waals surface area (Å²) in [5.41, 5.74) is -0.224. The third-order valence-electron chi connectivity index (χ3n) is 3.81. The van der Waals surface area contributed by atoms with E-state index < -0.39 is 10.0 Å². The molecule has 0 saturated heterocycles. The van der Waals surface area contributed by atoms with Crippen LogP contribution in [0.25, 0.3) is 0 Å². The second-order valence-corrected chi connectivity index (χ2v) is 7.62. The molecule has 1 aliphatic rings. The van der Waals surface area contributed by atoms with Gasteiger partial charge in [0.05, 0.1) is 0 Å². The molecule has 102 valence electrons. The molecule has 1 aromatic rings. The predicted octanol–water partition coefficient (Wildman–Crippen LogP) is 1.41. The van der Waals surface area contributed by atoms with Crippen LogP contribution in [0, 0.1) is 12.3 Å². The van der Waals surface area contributed by atoms with Crippen molar-refractivity contribution in [3.8, 4) is 0 Å². The maximum atomic E-state index is 12.2. The maximum absolute atomic E-state index is 12.2. The lowest BCUT2D eigenvalue weighted by molar-refractivity contribution is 0.137. The Hall–Kier alpha value is -0.590. The van der Waals surface area contributed by atoms with Crippen molar-refractivity contribution in [1.82, 2.24) is 14.3 Å². The normalized spacial score (nSPS) is 26.9. The van der Waals surface area contributed by atoms with Gasteiger partial charge in [0.2, 0.25) is 0 Å². The zero-order chi connectivity index (χ0) is 13.7. The van der Waals surface area contributed by atoms with Gasteiger partial charge in [-0.3, -0.25) is 0 Å². The van der Waals surface area contributed by atoms with Crippen LogP contribution in [0.5, 0.6) is 0 Å². The quantitative estimate of drug-likeness (QED) is 0.857. The third kappa shape index (κ3) is 2.17. The van der Waals surface area contributed by atoms with Crippen molar-refractivity contribution < 1.29 is 8.42 Å². The zero-order valence-electron chi connectivity index (χ0n) is 10.9. The van der Waals surface area contributed by atoms with Gasteiger partial charge in [0.25, 0.3) is 10.0 Å². The molecule has 2 unspecified atom stereocenters. The summed E-state index contributed by atoms with van der Waals surface area (Å²) in [4.78, 5) is 4.04. The molecular weight excluding hydrogens is 274 g/mol. The number of rotatable bonds is 3. The molecule has 2 atom stereocenters. The number of halogens is 1. The number of aromatic nitrogens is 2. The second-order valence-electron chi connectivity index (χ2n) is 5.44. The molecule has 18 heavy (non-hydrogen) atoms. The largest absolute Gasteiger partial charge is 0.337 e. The van der Waals surface area contributed by atoms with Crippen LogP contribution in [0.3, 0.4) is 0 Å². The van der Waals surface area contributed by atoms with Crippen molar-refractivity contribution in [3.63, 3.8) is 0 Å². The van der Waals surface area contributed by atoms with Crippen molar-refractivity contribution in [2.45, 2.75) is 43.6 Å². The Morgan fingerprint density at radius 3 is 2.56 bits per heavy atom. The highest BCUT2D eigenvalue weighted by Gasteiger charge is 2.49. The van der Waals surface area contributed by atoms with Gasteiger partial charge in [-0.15, -0.1) is 11.6 Å². The molecule has 1 fully saturated rings. The van der Waals surface area contributed by atoms with E-state index in [0.29, 0.717) is 12.2 Å². The third-order valence-corrected chi connectivity index (χ3v) is 5.89. The van der Waals surface area contributed by atoms with Crippen LogP contribution in [-0.2, 0) is 17.1 Å². The summed E-state index contributed by atoms with van der Waals surface area (Å²) in [5, 5.41) is 0.0759. The Bertz CT molecular complexity index is 545. The van der Waals surface area contributed by atoms with Gasteiger partial charge in [0.15, 0.2) is 5.03 Å². The molecule has 1 N–H and O–H groups in total. The number of nitrogens with one attached hydrogen (secondary N) is 1. The van der Waals surface area contributed by atoms with E-state index in [4.69, 9.17) is 11.6 Å². The molecule has 0 spiro atoms. The summed E-state index contributed by atoms with van der Waals surface area (Å²) in [6.45, 7) is 5.69. The fourth-order valence-electron chi connectivity index (χ4n) is 1.98. The van der Waals surface area contributed by atoms with Crippen LogP contribution in [0.4, 0.5) is 0 Å². The van der Waals surface area contributed by atoms with Gasteiger partial charge in [0, 0.05) is 24.7 Å². The number of hydrogen-bond acceptors (Lipinski definition) is 3. The van der Waals surface area contributed by atoms with E-state index in [-0.39, 0.29) is 21.9 Å². The first-order valence-electron chi connectivity index (χ1n) is 5.81. The summed E-state index contributed by atoms with van der Waals surface area (Å²) in [5.74, 6) is 0.665. The van der Waals surface area contributed by atoms with Gasteiger partial charge in [-0.1, -0.05) is 13.8 Å². The molecular formula is C11H18ClN3O2S. The van der Waals surface area contributed by atoms with E-state index in [1.54, 1.807) is 18.5 Å². The standard InChI is InChI=1S/C11H18ClN3O2S/c1-7-13-10(6-15(7)4)18(16,17)14-9-5-8(12)11(9,2)3/h6,8-9,14H,5H2,1-4H3. The monoisotopic (exact) mass is 291 g/mol. The first-order valence-corrected chi connectivity index (χ1v) is 7.73. The molecule has 2 rings (SSSR count). The molecule has 7 heteroatoms. The topological polar surface area (TPSA) is 64.0 Å². The highest BCUT2D eigenvalue weighted by atomic mass is 35.5. The van der Waals surface area contributed by atoms with E-state index in [1.807, 2.05) is 13.8 Å². The number of nitrogens with zero attached hydrogens (tertiary/aromatic N) is 2. The molecule has 0 amide bonds. The lowest BCUT2D eigenvalue weighted by Gasteiger charge is -2.48. The van der Waals surface area contributed by atoms with Crippen LogP contribution in [-0.4, -0.2) is 29.4 Å². The number of aryl methyl sites for hydroxylation is 2. The minimum Gasteiger partial charge on any atom is -0.337 e. The molecule has 1 aromatic heterocycles. The fraction of sp³-hybridized carbons (Fsp3) is 0.727. The van der Waals surface area contributed by atoms with E-state index in [9.17, 15) is 8.42 Å². The van der Waals surface area contributed by atoms with E-state index in [1.165, 1.54) is 6.20 Å². The van der Waals surface area contributed by atoms with Gasteiger partial charge < -0.3 is 4.57 Å². The molecule has 0 radical (unpaired) electrons. The molecule has 1 aliphatic carbocycles. The van der Waals surface area contributed by atoms with Crippen molar-refractivity contribution >= 4 is 21.6 Å². The second kappa shape index (κ2) is 4.21. The zero-order valence-corrected chi connectivity index (χ0v) is 12.5. The number of sulfonamides is 1. The van der Waals surface area contributed by atoms with Gasteiger partial charge in [0.1, 0.15) is 5.82 Å². The SMILES string of the molecule is Cc1nc(S(=O)(=O)NC2CC(Cl)C2(C)C)cn1C. The lowest BCUT2D eigenvalue weighted by atomic mass is 9.67. The molecule has 0 bridgehead atoms. The van der Waals surface area contributed by atoms with Crippen LogP contribution in [0.15, 0.2) is 11.2 Å². The van der Waals surface area contributed by atoms with Gasteiger partial charge >= 0.3 is 0 Å². The van der Waals surface area contributed by atoms with E-state index >= 15 is 0 Å². The molecule has 1 saturated carbocycles. The summed E-state index contributed by atoms with van der Waals surface area (Å²) in [7, 11) is -1.79. The first-order chi connectivity index (χ1) is 8.14. The fourth-order valence-corrected chi connectivity index (χ4v) is 3.75. The Balaban J connectivity index is 2.19. The molecule has 0 aromatic carbocycles. The average molecular weight is 292 g/mol. The first kappa shape index (κ1) is 13.8. The Labute approximate surface area is 113 Å². The Kier molecular flexibility index (Phi) is 3.24. The Morgan fingerprint density at radius 1 is 1.56 bits per heavy atom. The summed E-state index contributed by atoms with van der Waals surface area (Å²) < 4.78 is 28.7. The lowest BCUT2D eigenvalue weighted by Crippen LogP contribution is -2.59. The van der Waals surface area contributed by atoms with Crippen molar-refractivity contribution in [2.75, 3.05) is 0 Å². The van der Waals surface area contributed by atoms with Gasteiger partial charge in [-0.2, -0.15) is 0 Å². The van der Waals surface area contributed by atoms with E-state index in [2.05, 4.69) is 9.71 Å². The highest BCUT2D eigenvalue weighted by Crippen LogP contribution is 2.44. The predicted molar refractivity (Wildman–Crippen MR) is 70.1 cm³/mol. The summed E-state index contributed by atoms with van der Waals surface area (Å²) in [6, 6.07) is -0.132. The highest BCUT2D eigenvalue weighted by molar-refractivity contribution is 7.89. The number of alkyl halides is 1. The summed E-state index contributed by atoms with van der Waals surface area (Å²) in [6.07, 6.45) is 2.17. The van der Waals surface area contributed by atoms with Crippen LogP contribution < -0.4 is 4.72 Å². The smallest absolute Gasteiger partial charge is 0.259 e. The number of imidazole rings is 1. The summed E-state index contributed by atoms with van der Waals surface area (Å²) >= 11 is 6.09. The van der Waals surface area contributed by atoms with Crippen LogP contribution in [0.2, 0.25) is 0 Å². The van der Waals surface area contributed by atoms with Crippen molar-refractivity contribution in [2.24, 2.45) is 12.5 Å². The minimum atomic E-state index is -3.56. The van der Waals surface area contributed by atoms with E-state index in [0.717, 1.165) is 0 Å². The van der Waals surface area contributed by atoms with Gasteiger partial charge in [-0.05, 0) is 18.8 Å². The average Bonchev–Trinajstić information content (AvgIpc) is 2.59. The molecule has 0 aliphatic heterocycles. The molecule has 5 nitrogen and oxygen atoms in total. The minimum absolute atomic E-state index is 0.00988. The number of hydrogen-bond donors (Lipinski definition) is 1. The van der Waals surface area contributed by atoms with Crippen molar-refractivity contribution in [3.05, 3.63) is 12.0 Å². The van der Waals surface area contributed by atoms with Crippen LogP contribution >= 0.6 is 11.6 Å². The van der Waals surface area contributed by atoms with Crippen molar-refractivity contribution in [1.29, 1.82) is 0 Å². The molecule has 1 heterocycles. The Morgan fingerprint density at radius 2 is 2.17 bits per heavy atom. The van der Waals surface area contributed by atoms with Gasteiger partial charge in [-0.25, -0.2) is 18.1 Å². The van der Waals surface area contributed by atoms with Crippen LogP contribution in [0.1, 0.15) is 26.1 Å².